The van der Waals surface area contributed by atoms with E-state index in [1.165, 1.54) is 12.3 Å². The van der Waals surface area contributed by atoms with Crippen LogP contribution < -0.4 is 10.6 Å². The second kappa shape index (κ2) is 7.70. The Morgan fingerprint density at radius 1 is 1.24 bits per heavy atom. The average Bonchev–Trinajstić information content (AvgIpc) is 2.64. The lowest BCUT2D eigenvalue weighted by Gasteiger charge is -2.28. The monoisotopic (exact) mass is 338 g/mol. The molecular weight excluding hydrogens is 319 g/mol. The van der Waals surface area contributed by atoms with Crippen molar-refractivity contribution in [3.8, 4) is 0 Å². The van der Waals surface area contributed by atoms with Crippen LogP contribution in [0.25, 0.3) is 0 Å². The van der Waals surface area contributed by atoms with Gasteiger partial charge in [-0.1, -0.05) is 18.2 Å². The molecule has 1 aliphatic carbocycles. The molecule has 0 fully saturated rings. The van der Waals surface area contributed by atoms with Crippen LogP contribution in [0.15, 0.2) is 59.9 Å². The highest BCUT2D eigenvalue weighted by Crippen LogP contribution is 2.27. The number of benzene rings is 1. The number of rotatable bonds is 5. The smallest absolute Gasteiger partial charge is 0.270 e. The summed E-state index contributed by atoms with van der Waals surface area (Å²) in [5, 5.41) is 13.7. The highest BCUT2D eigenvalue weighted by Gasteiger charge is 2.24. The molecule has 6 heteroatoms. The first kappa shape index (κ1) is 16.8. The molecular formula is C19H19FN4O. The number of pyridine rings is 1. The maximum atomic E-state index is 13.9. The molecule has 128 valence electrons. The zero-order valence-corrected chi connectivity index (χ0v) is 13.6. The van der Waals surface area contributed by atoms with Crippen LogP contribution in [-0.2, 0) is 0 Å². The Kier molecular flexibility index (Phi) is 5.18. The second-order valence-electron chi connectivity index (χ2n) is 5.82. The number of anilines is 1. The Balaban J connectivity index is 1.81. The van der Waals surface area contributed by atoms with Crippen molar-refractivity contribution in [2.45, 2.75) is 25.3 Å². The lowest BCUT2D eigenvalue weighted by Crippen LogP contribution is -2.39. The van der Waals surface area contributed by atoms with Gasteiger partial charge in [0, 0.05) is 23.7 Å². The van der Waals surface area contributed by atoms with E-state index in [2.05, 4.69) is 15.6 Å². The molecule has 3 rings (SSSR count). The highest BCUT2D eigenvalue weighted by molar-refractivity contribution is 5.93. The third kappa shape index (κ3) is 3.91. The molecule has 0 aliphatic heterocycles. The fourth-order valence-electron chi connectivity index (χ4n) is 2.92. The van der Waals surface area contributed by atoms with Crippen molar-refractivity contribution >= 4 is 17.8 Å². The molecule has 0 bridgehead atoms. The van der Waals surface area contributed by atoms with E-state index in [4.69, 9.17) is 5.41 Å². The van der Waals surface area contributed by atoms with E-state index in [1.54, 1.807) is 42.6 Å². The largest absolute Gasteiger partial charge is 0.356 e. The molecule has 1 aliphatic rings. The number of nitrogens with zero attached hydrogens (tertiary/aromatic N) is 1. The van der Waals surface area contributed by atoms with Crippen LogP contribution in [0.5, 0.6) is 0 Å². The van der Waals surface area contributed by atoms with Crippen molar-refractivity contribution in [1.82, 2.24) is 10.3 Å². The molecule has 3 N–H and O–H groups in total. The molecule has 0 radical (unpaired) electrons. The zero-order valence-electron chi connectivity index (χ0n) is 13.6. The summed E-state index contributed by atoms with van der Waals surface area (Å²) in [5.41, 5.74) is 2.13. The van der Waals surface area contributed by atoms with Gasteiger partial charge in [0.15, 0.2) is 0 Å². The number of halogens is 1. The molecule has 25 heavy (non-hydrogen) atoms. The van der Waals surface area contributed by atoms with E-state index in [9.17, 15) is 9.18 Å². The number of nitrogens with one attached hydrogen (secondary N) is 3. The number of para-hydroxylation sites is 1. The average molecular weight is 338 g/mol. The minimum atomic E-state index is -0.348. The van der Waals surface area contributed by atoms with Gasteiger partial charge in [0.05, 0.1) is 11.7 Å². The van der Waals surface area contributed by atoms with Gasteiger partial charge >= 0.3 is 0 Å². The summed E-state index contributed by atoms with van der Waals surface area (Å²) in [4.78, 5) is 16.4. The lowest BCUT2D eigenvalue weighted by molar-refractivity contribution is 0.0935. The van der Waals surface area contributed by atoms with Gasteiger partial charge in [-0.2, -0.15) is 0 Å². The lowest BCUT2D eigenvalue weighted by atomic mass is 9.91. The van der Waals surface area contributed by atoms with Crippen LogP contribution in [0, 0.1) is 11.2 Å². The first-order valence-electron chi connectivity index (χ1n) is 8.16. The number of carbonyl (C=O) groups excluding carboxylic acids is 1. The van der Waals surface area contributed by atoms with Crippen molar-refractivity contribution in [1.29, 1.82) is 5.41 Å². The number of amides is 1. The van der Waals surface area contributed by atoms with Crippen molar-refractivity contribution in [2.24, 2.45) is 0 Å². The minimum absolute atomic E-state index is 0.280. The predicted molar refractivity (Wildman–Crippen MR) is 95.2 cm³/mol. The van der Waals surface area contributed by atoms with Crippen molar-refractivity contribution in [3.63, 3.8) is 0 Å². The molecule has 1 heterocycles. The molecule has 1 atom stereocenters. The molecule has 1 amide bonds. The summed E-state index contributed by atoms with van der Waals surface area (Å²) in [6.07, 6.45) is 5.06. The summed E-state index contributed by atoms with van der Waals surface area (Å²) >= 11 is 0. The topological polar surface area (TPSA) is 77.9 Å². The second-order valence-corrected chi connectivity index (χ2v) is 5.82. The highest BCUT2D eigenvalue weighted by atomic mass is 19.1. The van der Waals surface area contributed by atoms with E-state index in [-0.39, 0.29) is 17.8 Å². The van der Waals surface area contributed by atoms with Gasteiger partial charge in [0.25, 0.3) is 5.91 Å². The number of carbonyl (C=O) groups is 1. The first-order chi connectivity index (χ1) is 12.2. The zero-order chi connectivity index (χ0) is 17.6. The molecule has 0 saturated heterocycles. The molecule has 0 spiro atoms. The van der Waals surface area contributed by atoms with E-state index in [1.807, 2.05) is 0 Å². The maximum Gasteiger partial charge on any atom is 0.270 e. The fraction of sp³-hybridized carbons (Fsp3) is 0.211. The van der Waals surface area contributed by atoms with Crippen LogP contribution in [0.1, 0.15) is 29.8 Å². The fourth-order valence-corrected chi connectivity index (χ4v) is 2.92. The normalized spacial score (nSPS) is 17.1. The molecule has 1 aromatic heterocycles. The van der Waals surface area contributed by atoms with E-state index >= 15 is 0 Å². The standard InChI is InChI=1S/C19H19FN4O/c20-14-6-1-2-7-17(14)23-15-9-5-10-16(13(15)12-21)24-19(25)18-8-3-4-11-22-18/h1-4,6-8,11-12,16,21,23H,5,9-10H2,(H,24,25). The third-order valence-electron chi connectivity index (χ3n) is 4.16. The Morgan fingerprint density at radius 3 is 2.76 bits per heavy atom. The molecule has 5 nitrogen and oxygen atoms in total. The van der Waals surface area contributed by atoms with E-state index < -0.39 is 0 Å². The number of hydrogen-bond acceptors (Lipinski definition) is 4. The van der Waals surface area contributed by atoms with Crippen LogP contribution >= 0.6 is 0 Å². The third-order valence-corrected chi connectivity index (χ3v) is 4.16. The van der Waals surface area contributed by atoms with Gasteiger partial charge in [-0.15, -0.1) is 0 Å². The van der Waals surface area contributed by atoms with Crippen molar-refractivity contribution < 1.29 is 9.18 Å². The summed E-state index contributed by atoms with van der Waals surface area (Å²) in [5.74, 6) is -0.629. The van der Waals surface area contributed by atoms with Gasteiger partial charge in [0.1, 0.15) is 11.5 Å². The number of allylic oxidation sites excluding steroid dienone is 1. The Bertz CT molecular complexity index is 804. The maximum absolute atomic E-state index is 13.9. The number of aromatic nitrogens is 1. The van der Waals surface area contributed by atoms with Crippen molar-refractivity contribution in [2.75, 3.05) is 5.32 Å². The molecule has 2 aromatic rings. The van der Waals surface area contributed by atoms with E-state index in [0.717, 1.165) is 18.5 Å². The van der Waals surface area contributed by atoms with Crippen LogP contribution in [0.2, 0.25) is 0 Å². The Hall–Kier alpha value is -3.02. The SMILES string of the molecule is N=CC1=C(Nc2ccccc2F)CCCC1NC(=O)c1ccccn1. The Morgan fingerprint density at radius 2 is 2.04 bits per heavy atom. The summed E-state index contributed by atoms with van der Waals surface area (Å²) < 4.78 is 13.9. The summed E-state index contributed by atoms with van der Waals surface area (Å²) in [7, 11) is 0. The first-order valence-corrected chi connectivity index (χ1v) is 8.16. The molecule has 1 unspecified atom stereocenters. The van der Waals surface area contributed by atoms with E-state index in [0.29, 0.717) is 23.4 Å². The molecule has 0 saturated carbocycles. The summed E-state index contributed by atoms with van der Waals surface area (Å²) in [6.45, 7) is 0. The van der Waals surface area contributed by atoms with Crippen LogP contribution in [0.4, 0.5) is 10.1 Å². The van der Waals surface area contributed by atoms with Gasteiger partial charge < -0.3 is 16.0 Å². The van der Waals surface area contributed by atoms with Gasteiger partial charge in [-0.25, -0.2) is 4.39 Å². The van der Waals surface area contributed by atoms with Crippen molar-refractivity contribution in [3.05, 3.63) is 71.4 Å². The summed E-state index contributed by atoms with van der Waals surface area (Å²) in [6, 6.07) is 11.3. The van der Waals surface area contributed by atoms with Gasteiger partial charge in [-0.05, 0) is 43.5 Å². The van der Waals surface area contributed by atoms with Crippen LogP contribution in [-0.4, -0.2) is 23.1 Å². The number of hydrogen-bond donors (Lipinski definition) is 3. The minimum Gasteiger partial charge on any atom is -0.356 e. The molecule has 1 aromatic carbocycles. The Labute approximate surface area is 145 Å². The predicted octanol–water partition coefficient (Wildman–Crippen LogP) is 3.52. The quantitative estimate of drug-likeness (QED) is 0.730. The van der Waals surface area contributed by atoms with Gasteiger partial charge in [0.2, 0.25) is 0 Å². The van der Waals surface area contributed by atoms with Gasteiger partial charge in [-0.3, -0.25) is 9.78 Å². The van der Waals surface area contributed by atoms with Crippen LogP contribution in [0.3, 0.4) is 0 Å².